The fourth-order valence-electron chi connectivity index (χ4n) is 23.1. The van der Waals surface area contributed by atoms with Crippen molar-refractivity contribution in [2.75, 3.05) is 0 Å². The molecule has 18 unspecified atom stereocenters. The second-order valence-corrected chi connectivity index (χ2v) is 35.0. The van der Waals surface area contributed by atoms with E-state index in [4.69, 9.17) is 56.8 Å². The Hall–Kier alpha value is -4.98. The summed E-state index contributed by atoms with van der Waals surface area (Å²) < 4.78 is 70.6. The predicted octanol–water partition coefficient (Wildman–Crippen LogP) is 18.0. The average Bonchev–Trinajstić information content (AvgIpc) is 1.66. The summed E-state index contributed by atoms with van der Waals surface area (Å²) in [5, 5.41) is 0. The Labute approximate surface area is 640 Å². The lowest BCUT2D eigenvalue weighted by atomic mass is 9.69. The van der Waals surface area contributed by atoms with Crippen molar-refractivity contribution in [1.29, 1.82) is 0 Å². The molecule has 18 nitrogen and oxygen atoms in total. The first-order chi connectivity index (χ1) is 51.3. The Morgan fingerprint density at radius 3 is 0.785 bits per heavy atom. The lowest BCUT2D eigenvalue weighted by molar-refractivity contribution is -0.170. The summed E-state index contributed by atoms with van der Waals surface area (Å²) in [6.07, 6.45) is 51.7. The minimum Gasteiger partial charge on any atom is -0.456 e. The van der Waals surface area contributed by atoms with Gasteiger partial charge in [-0.1, -0.05) is 80.0 Å². The average molecular weight is 1490 g/mol. The van der Waals surface area contributed by atoms with Gasteiger partial charge in [-0.3, -0.25) is 0 Å². The van der Waals surface area contributed by atoms with Crippen LogP contribution in [0.4, 0.5) is 0 Å². The molecule has 0 aromatic heterocycles. The summed E-state index contributed by atoms with van der Waals surface area (Å²) in [6.45, 7) is 35.1. The third-order valence-electron chi connectivity index (χ3n) is 28.7. The van der Waals surface area contributed by atoms with E-state index in [1.807, 2.05) is 0 Å². The maximum absolute atomic E-state index is 12.0. The maximum atomic E-state index is 12.0. The van der Waals surface area contributed by atoms with Crippen molar-refractivity contribution in [3.8, 4) is 0 Å². The number of ether oxygens (including phenoxy) is 12. The van der Waals surface area contributed by atoms with E-state index >= 15 is 0 Å². The van der Waals surface area contributed by atoms with E-state index in [1.54, 1.807) is 20.8 Å². The van der Waals surface area contributed by atoms with E-state index in [0.29, 0.717) is 113 Å². The Bertz CT molecular complexity index is 3030. The second-order valence-electron chi connectivity index (χ2n) is 35.0. The van der Waals surface area contributed by atoms with Crippen molar-refractivity contribution >= 4 is 35.8 Å². The van der Waals surface area contributed by atoms with Crippen molar-refractivity contribution in [2.24, 2.45) is 35.5 Å². The summed E-state index contributed by atoms with van der Waals surface area (Å²) >= 11 is 0. The van der Waals surface area contributed by atoms with Crippen LogP contribution in [0.1, 0.15) is 305 Å². The molecule has 0 N–H and O–H groups in total. The van der Waals surface area contributed by atoms with Gasteiger partial charge in [0.05, 0.1) is 73.2 Å². The number of rotatable bonds is 22. The van der Waals surface area contributed by atoms with Gasteiger partial charge in [0.15, 0.2) is 0 Å². The number of hydrogen-bond donors (Lipinski definition) is 0. The highest BCUT2D eigenvalue weighted by Gasteiger charge is 2.60. The summed E-state index contributed by atoms with van der Waals surface area (Å²) in [5.74, 6) is 0.844. The van der Waals surface area contributed by atoms with Crippen molar-refractivity contribution in [3.05, 3.63) is 74.4 Å². The molecule has 12 bridgehead atoms. The van der Waals surface area contributed by atoms with Crippen molar-refractivity contribution < 1.29 is 85.6 Å². The Morgan fingerprint density at radius 1 is 0.327 bits per heavy atom. The molecule has 4 aliphatic carbocycles. The van der Waals surface area contributed by atoms with E-state index in [0.717, 1.165) is 205 Å². The van der Waals surface area contributed by atoms with Gasteiger partial charge < -0.3 is 56.8 Å². The largest absolute Gasteiger partial charge is 0.456 e. The van der Waals surface area contributed by atoms with Gasteiger partial charge in [-0.2, -0.15) is 0 Å². The zero-order valence-corrected chi connectivity index (χ0v) is 66.5. The molecule has 16 aliphatic rings. The Morgan fingerprint density at radius 2 is 0.570 bits per heavy atom. The molecule has 0 amide bonds. The first-order valence-electron chi connectivity index (χ1n) is 42.5. The van der Waals surface area contributed by atoms with Crippen LogP contribution >= 0.6 is 0 Å². The third kappa shape index (κ3) is 18.6. The van der Waals surface area contributed by atoms with Gasteiger partial charge in [0.1, 0.15) is 33.6 Å². The highest BCUT2D eigenvalue weighted by molar-refractivity contribution is 5.88. The van der Waals surface area contributed by atoms with E-state index < -0.39 is 0 Å². The van der Waals surface area contributed by atoms with Crippen LogP contribution in [0.15, 0.2) is 74.4 Å². The van der Waals surface area contributed by atoms with E-state index in [-0.39, 0.29) is 81.6 Å². The molecule has 12 saturated heterocycles. The lowest BCUT2D eigenvalue weighted by Gasteiger charge is -2.43. The van der Waals surface area contributed by atoms with Crippen LogP contribution in [0.5, 0.6) is 0 Å². The van der Waals surface area contributed by atoms with Crippen LogP contribution in [0.25, 0.3) is 0 Å². The molecule has 16 fully saturated rings. The molecule has 12 heterocycles. The maximum Gasteiger partial charge on any atom is 0.333 e. The van der Waals surface area contributed by atoms with Gasteiger partial charge in [-0.15, -0.1) is 0 Å². The molecule has 107 heavy (non-hydrogen) atoms. The topological polar surface area (TPSA) is 213 Å². The Kier molecular flexibility index (Phi) is 28.1. The highest BCUT2D eigenvalue weighted by Crippen LogP contribution is 2.57. The summed E-state index contributed by atoms with van der Waals surface area (Å²) in [6, 6.07) is 0. The van der Waals surface area contributed by atoms with Gasteiger partial charge in [0, 0.05) is 70.5 Å². The number of esters is 6. The molecule has 18 heteroatoms. The minimum atomic E-state index is -0.365. The minimum absolute atomic E-state index is 0.218. The molecular formula is C89H134O18. The van der Waals surface area contributed by atoms with Crippen molar-refractivity contribution in [1.82, 2.24) is 0 Å². The standard InChI is InChI=1S/C16H24O3.2C15H22O3.C15H24O3.C14H20O3.C14H22O3/c1-11(2)15(17)19-16(8-4-3-5-9-16)13-10-12-6-7-14(13)18-12;1-10(2)14(16)18-15(7-3-4-8-15)12-9-11-5-6-13(12)17-11;1-2-14(16)18-15(8-4-3-5-9-15)12-10-11-6-7-13(12)17-11;1-5-15(6-2,18-14(16)10(3)4)12-9-11-7-8-13(12)17-11;1-2-13(15)17-14(7-3-4-8-14)11-9-10-5-6-12(11)16-10;1-4-13(15)17-14(5-2,6-3)11-9-10-7-8-12(11)16-10/h12-14H,1,3-10H2,2H3;11-13H,1,3-9H2,2H3;2,11-13H,1,3-10H2;11-13H,3,5-9H2,1-2,4H3;2,10-12H,1,3-9H2;4,10-12H,1,5-9H2,2-3H3. The van der Waals surface area contributed by atoms with Crippen LogP contribution in [0.3, 0.4) is 0 Å². The number of carbonyl (C=O) groups excluding carboxylic acids is 6. The normalized spacial score (nSPS) is 35.1. The van der Waals surface area contributed by atoms with Crippen LogP contribution in [0.2, 0.25) is 0 Å². The summed E-state index contributed by atoms with van der Waals surface area (Å²) in [4.78, 5) is 70.5. The van der Waals surface area contributed by atoms with Crippen LogP contribution in [-0.2, 0) is 85.6 Å². The van der Waals surface area contributed by atoms with Crippen LogP contribution in [0, 0.1) is 35.5 Å². The molecule has 598 valence electrons. The molecular weight excluding hydrogens is 1360 g/mol. The third-order valence-corrected chi connectivity index (χ3v) is 28.7. The Balaban J connectivity index is 0.000000128. The molecule has 12 aliphatic heterocycles. The zero-order valence-electron chi connectivity index (χ0n) is 66.5. The first-order valence-corrected chi connectivity index (χ1v) is 42.5. The fourth-order valence-corrected chi connectivity index (χ4v) is 23.1. The van der Waals surface area contributed by atoms with Gasteiger partial charge >= 0.3 is 35.8 Å². The second kappa shape index (κ2) is 36.2. The van der Waals surface area contributed by atoms with Crippen molar-refractivity contribution in [3.63, 3.8) is 0 Å². The van der Waals surface area contributed by atoms with Crippen LogP contribution in [-0.4, -0.2) is 143 Å². The highest BCUT2D eigenvalue weighted by atomic mass is 16.6. The monoisotopic (exact) mass is 1490 g/mol. The molecule has 0 radical (unpaired) electrons. The zero-order chi connectivity index (χ0) is 76.5. The van der Waals surface area contributed by atoms with Crippen molar-refractivity contribution in [2.45, 2.75) is 412 Å². The molecule has 0 aromatic carbocycles. The fraction of sp³-hybridized carbons (Fsp3) is 0.798. The number of hydrogen-bond acceptors (Lipinski definition) is 18. The quantitative estimate of drug-likeness (QED) is 0.0560. The smallest absolute Gasteiger partial charge is 0.333 e. The number of fused-ring (bicyclic) bond motifs is 12. The van der Waals surface area contributed by atoms with Gasteiger partial charge in [-0.25, -0.2) is 28.8 Å². The van der Waals surface area contributed by atoms with Crippen LogP contribution < -0.4 is 0 Å². The molecule has 0 aromatic rings. The summed E-state index contributed by atoms with van der Waals surface area (Å²) in [5.41, 5.74) is -0.260. The molecule has 4 saturated carbocycles. The van der Waals surface area contributed by atoms with Gasteiger partial charge in [0.25, 0.3) is 0 Å². The molecule has 0 spiro atoms. The molecule has 16 rings (SSSR count). The molecule has 18 atom stereocenters. The van der Waals surface area contributed by atoms with E-state index in [2.05, 4.69) is 67.2 Å². The number of carbonyl (C=O) groups is 6. The van der Waals surface area contributed by atoms with E-state index in [1.165, 1.54) is 69.6 Å². The predicted molar refractivity (Wildman–Crippen MR) is 408 cm³/mol. The lowest BCUT2D eigenvalue weighted by Crippen LogP contribution is -2.48. The van der Waals surface area contributed by atoms with Gasteiger partial charge in [-0.05, 0) is 265 Å². The SMILES string of the molecule is C=C(C)C(=O)OC(CC)(CC)C1CC2CCC1O2.C=C(C)C(=O)OC1(C2CC3CCC2O3)CCCC1.C=C(C)C(=O)OC1(C2CC3CCC2O3)CCCCC1.C=CC(=O)OC(CC)(CC)C1CC2CCC1O2.C=CC(=O)OC1(C2CC3CCC2O3)CCCC1.C=CC(=O)OC1(C2CC3CCC2O3)CCCCC1. The van der Waals surface area contributed by atoms with Gasteiger partial charge in [0.2, 0.25) is 0 Å². The van der Waals surface area contributed by atoms with E-state index in [9.17, 15) is 28.8 Å². The summed E-state index contributed by atoms with van der Waals surface area (Å²) in [7, 11) is 0. The first kappa shape index (κ1) is 83.0.